The Kier molecular flexibility index (Phi) is 5.46. The number of benzene rings is 1. The molecule has 0 atom stereocenters. The molecule has 1 aromatic rings. The molecule has 1 aromatic carbocycles. The number of primary sulfonamides is 1. The molecule has 1 amide bonds. The van der Waals surface area contributed by atoms with Gasteiger partial charge in [-0.1, -0.05) is 6.07 Å². The SMILES string of the molecule is COCCCNC(=O)c1ccc(C)c(S(N)(=O)=O)c1. The summed E-state index contributed by atoms with van der Waals surface area (Å²) in [5, 5.41) is 7.77. The highest BCUT2D eigenvalue weighted by Gasteiger charge is 2.14. The average molecular weight is 286 g/mol. The van der Waals surface area contributed by atoms with Gasteiger partial charge in [-0.2, -0.15) is 0 Å². The molecule has 0 aliphatic carbocycles. The summed E-state index contributed by atoms with van der Waals surface area (Å²) in [7, 11) is -2.24. The lowest BCUT2D eigenvalue weighted by molar-refractivity contribution is 0.0948. The Labute approximate surface area is 113 Å². The Morgan fingerprint density at radius 1 is 1.42 bits per heavy atom. The van der Waals surface area contributed by atoms with Crippen molar-refractivity contribution in [3.63, 3.8) is 0 Å². The predicted molar refractivity (Wildman–Crippen MR) is 71.4 cm³/mol. The van der Waals surface area contributed by atoms with Gasteiger partial charge in [-0.15, -0.1) is 0 Å². The number of carbonyl (C=O) groups is 1. The van der Waals surface area contributed by atoms with E-state index in [2.05, 4.69) is 5.32 Å². The second kappa shape index (κ2) is 6.65. The quantitative estimate of drug-likeness (QED) is 0.740. The minimum atomic E-state index is -3.82. The van der Waals surface area contributed by atoms with Gasteiger partial charge in [0.2, 0.25) is 10.0 Å². The van der Waals surface area contributed by atoms with Crippen LogP contribution >= 0.6 is 0 Å². The molecule has 1 rings (SSSR count). The predicted octanol–water partition coefficient (Wildman–Crippen LogP) is 0.409. The lowest BCUT2D eigenvalue weighted by Crippen LogP contribution is -2.25. The van der Waals surface area contributed by atoms with Crippen LogP contribution in [0.25, 0.3) is 0 Å². The third kappa shape index (κ3) is 4.62. The van der Waals surface area contributed by atoms with Gasteiger partial charge in [-0.25, -0.2) is 13.6 Å². The van der Waals surface area contributed by atoms with E-state index in [1.54, 1.807) is 26.2 Å². The molecule has 0 radical (unpaired) electrons. The topological polar surface area (TPSA) is 98.5 Å². The van der Waals surface area contributed by atoms with Crippen LogP contribution in [0.1, 0.15) is 22.3 Å². The number of hydrogen-bond donors (Lipinski definition) is 2. The van der Waals surface area contributed by atoms with Gasteiger partial charge < -0.3 is 10.1 Å². The van der Waals surface area contributed by atoms with Crippen LogP contribution in [0.4, 0.5) is 0 Å². The van der Waals surface area contributed by atoms with Gasteiger partial charge in [0.1, 0.15) is 0 Å². The van der Waals surface area contributed by atoms with Gasteiger partial charge >= 0.3 is 0 Å². The third-order valence-corrected chi connectivity index (χ3v) is 3.62. The van der Waals surface area contributed by atoms with Gasteiger partial charge in [-0.3, -0.25) is 4.79 Å². The van der Waals surface area contributed by atoms with Crippen molar-refractivity contribution in [1.29, 1.82) is 0 Å². The fourth-order valence-electron chi connectivity index (χ4n) is 1.57. The summed E-state index contributed by atoms with van der Waals surface area (Å²) in [5.41, 5.74) is 0.783. The van der Waals surface area contributed by atoms with E-state index in [4.69, 9.17) is 9.88 Å². The normalized spacial score (nSPS) is 11.3. The Morgan fingerprint density at radius 3 is 2.68 bits per heavy atom. The molecule has 0 saturated heterocycles. The number of rotatable bonds is 6. The van der Waals surface area contributed by atoms with E-state index < -0.39 is 10.0 Å². The summed E-state index contributed by atoms with van der Waals surface area (Å²) in [6.07, 6.45) is 0.691. The Bertz CT molecular complexity index is 555. The van der Waals surface area contributed by atoms with E-state index in [9.17, 15) is 13.2 Å². The Hall–Kier alpha value is -1.44. The summed E-state index contributed by atoms with van der Waals surface area (Å²) in [6, 6.07) is 4.41. The molecule has 0 bridgehead atoms. The largest absolute Gasteiger partial charge is 0.385 e. The zero-order valence-electron chi connectivity index (χ0n) is 11.0. The minimum absolute atomic E-state index is 0.0305. The van der Waals surface area contributed by atoms with Crippen molar-refractivity contribution in [2.75, 3.05) is 20.3 Å². The standard InChI is InChI=1S/C12H18N2O4S/c1-9-4-5-10(8-11(9)19(13,16)17)12(15)14-6-3-7-18-2/h4-5,8H,3,6-7H2,1-2H3,(H,14,15)(H2,13,16,17). The zero-order valence-corrected chi connectivity index (χ0v) is 11.8. The number of sulfonamides is 1. The molecule has 19 heavy (non-hydrogen) atoms. The second-order valence-corrected chi connectivity index (χ2v) is 5.66. The number of hydrogen-bond acceptors (Lipinski definition) is 4. The lowest BCUT2D eigenvalue weighted by Gasteiger charge is -2.08. The number of nitrogens with one attached hydrogen (secondary N) is 1. The number of amides is 1. The molecule has 0 heterocycles. The molecule has 6 nitrogen and oxygen atoms in total. The van der Waals surface area contributed by atoms with Crippen molar-refractivity contribution in [3.8, 4) is 0 Å². The van der Waals surface area contributed by atoms with Crippen LogP contribution in [0.15, 0.2) is 23.1 Å². The molecular weight excluding hydrogens is 268 g/mol. The molecule has 7 heteroatoms. The van der Waals surface area contributed by atoms with Crippen molar-refractivity contribution in [2.24, 2.45) is 5.14 Å². The highest BCUT2D eigenvalue weighted by atomic mass is 32.2. The van der Waals surface area contributed by atoms with Gasteiger partial charge in [0.15, 0.2) is 0 Å². The lowest BCUT2D eigenvalue weighted by atomic mass is 10.1. The second-order valence-electron chi connectivity index (χ2n) is 4.13. The van der Waals surface area contributed by atoms with Gasteiger partial charge in [-0.05, 0) is 31.0 Å². The highest BCUT2D eigenvalue weighted by Crippen LogP contribution is 2.15. The smallest absolute Gasteiger partial charge is 0.251 e. The summed E-state index contributed by atoms with van der Waals surface area (Å²) in [5.74, 6) is -0.332. The maximum absolute atomic E-state index is 11.8. The van der Waals surface area contributed by atoms with Gasteiger partial charge in [0.25, 0.3) is 5.91 Å². The van der Waals surface area contributed by atoms with Gasteiger partial charge in [0.05, 0.1) is 4.90 Å². The monoisotopic (exact) mass is 286 g/mol. The van der Waals surface area contributed by atoms with Crippen LogP contribution in [0.2, 0.25) is 0 Å². The van der Waals surface area contributed by atoms with Crippen LogP contribution in [-0.4, -0.2) is 34.6 Å². The maximum Gasteiger partial charge on any atom is 0.251 e. The van der Waals surface area contributed by atoms with Crippen molar-refractivity contribution in [1.82, 2.24) is 5.32 Å². The molecule has 0 aromatic heterocycles. The molecule has 0 aliphatic rings. The van der Waals surface area contributed by atoms with Crippen LogP contribution < -0.4 is 10.5 Å². The summed E-state index contributed by atoms with van der Waals surface area (Å²) in [6.45, 7) is 2.64. The highest BCUT2D eigenvalue weighted by molar-refractivity contribution is 7.89. The van der Waals surface area contributed by atoms with Crippen LogP contribution in [0.5, 0.6) is 0 Å². The fourth-order valence-corrected chi connectivity index (χ4v) is 2.38. The minimum Gasteiger partial charge on any atom is -0.385 e. The van der Waals surface area contributed by atoms with Crippen LogP contribution in [0.3, 0.4) is 0 Å². The number of ether oxygens (including phenoxy) is 1. The van der Waals surface area contributed by atoms with Crippen molar-refractivity contribution in [2.45, 2.75) is 18.2 Å². The first kappa shape index (κ1) is 15.6. The molecule has 0 fully saturated rings. The molecule has 0 aliphatic heterocycles. The van der Waals surface area contributed by atoms with E-state index in [-0.39, 0.29) is 16.4 Å². The summed E-state index contributed by atoms with van der Waals surface area (Å²) >= 11 is 0. The number of aryl methyl sites for hydroxylation is 1. The van der Waals surface area contributed by atoms with Gasteiger partial charge in [0, 0.05) is 25.8 Å². The van der Waals surface area contributed by atoms with Crippen molar-refractivity contribution < 1.29 is 17.9 Å². The molecule has 106 valence electrons. The van der Waals surface area contributed by atoms with E-state index in [0.29, 0.717) is 25.1 Å². The van der Waals surface area contributed by atoms with Crippen LogP contribution in [0, 0.1) is 6.92 Å². The van der Waals surface area contributed by atoms with Crippen LogP contribution in [-0.2, 0) is 14.8 Å². The first-order valence-corrected chi connectivity index (χ1v) is 7.31. The molecule has 0 spiro atoms. The number of carbonyl (C=O) groups excluding carboxylic acids is 1. The molecule has 0 unspecified atom stereocenters. The first-order chi connectivity index (χ1) is 8.86. The molecule has 0 saturated carbocycles. The Morgan fingerprint density at radius 2 is 2.11 bits per heavy atom. The fraction of sp³-hybridized carbons (Fsp3) is 0.417. The molecular formula is C12H18N2O4S. The number of nitrogens with two attached hydrogens (primary N) is 1. The first-order valence-electron chi connectivity index (χ1n) is 5.77. The zero-order chi connectivity index (χ0) is 14.5. The maximum atomic E-state index is 11.8. The van der Waals surface area contributed by atoms with E-state index in [0.717, 1.165) is 0 Å². The third-order valence-electron chi connectivity index (χ3n) is 2.57. The Balaban J connectivity index is 2.82. The van der Waals surface area contributed by atoms with E-state index in [1.165, 1.54) is 6.07 Å². The summed E-state index contributed by atoms with van der Waals surface area (Å²) in [4.78, 5) is 11.8. The summed E-state index contributed by atoms with van der Waals surface area (Å²) < 4.78 is 27.6. The van der Waals surface area contributed by atoms with E-state index >= 15 is 0 Å². The molecule has 3 N–H and O–H groups in total. The van der Waals surface area contributed by atoms with Crippen molar-refractivity contribution >= 4 is 15.9 Å². The number of methoxy groups -OCH3 is 1. The average Bonchev–Trinajstić information content (AvgIpc) is 2.33. The van der Waals surface area contributed by atoms with Crippen molar-refractivity contribution in [3.05, 3.63) is 29.3 Å². The van der Waals surface area contributed by atoms with E-state index in [1.807, 2.05) is 0 Å².